The second-order valence-electron chi connectivity index (χ2n) is 2.31. The summed E-state index contributed by atoms with van der Waals surface area (Å²) < 4.78 is 4.93. The van der Waals surface area contributed by atoms with Gasteiger partial charge in [-0.2, -0.15) is 0 Å². The lowest BCUT2D eigenvalue weighted by Crippen LogP contribution is -1.96. The molecule has 1 aromatic carbocycles. The number of carboxylic acid groups (broad SMARTS) is 1. The predicted octanol–water partition coefficient (Wildman–Crippen LogP) is 1.95. The van der Waals surface area contributed by atoms with Crippen LogP contribution in [0.15, 0.2) is 29.0 Å². The van der Waals surface area contributed by atoms with E-state index in [4.69, 9.17) is 9.52 Å². The van der Waals surface area contributed by atoms with Crippen molar-refractivity contribution < 1.29 is 14.3 Å². The van der Waals surface area contributed by atoms with Gasteiger partial charge >= 0.3 is 5.97 Å². The molecule has 0 spiro atoms. The number of nitrogens with zero attached hydrogens (tertiary/aromatic N) is 1. The Balaban J connectivity index is 0.000000845. The lowest BCUT2D eigenvalue weighted by atomic mass is 10.2. The fourth-order valence-electron chi connectivity index (χ4n) is 1.06. The van der Waals surface area contributed by atoms with Gasteiger partial charge in [0.2, 0.25) is 0 Å². The lowest BCUT2D eigenvalue weighted by Gasteiger charge is -1.92. The van der Waals surface area contributed by atoms with Gasteiger partial charge in [-0.1, -0.05) is 6.07 Å². The molecule has 5 heteroatoms. The van der Waals surface area contributed by atoms with Gasteiger partial charge in [-0.05, 0) is 12.1 Å². The number of aromatic nitrogens is 1. The highest BCUT2D eigenvalue weighted by atomic mass is 35.5. The third kappa shape index (κ3) is 1.48. The molecule has 1 aromatic heterocycles. The standard InChI is InChI=1S/C8H5NO3.ClH/c10-8(11)5-2-1-3-6-7(5)9-4-12-6;/h1-4H,(H,10,11);1H. The minimum Gasteiger partial charge on any atom is -0.478 e. The molecule has 0 atom stereocenters. The molecule has 4 nitrogen and oxygen atoms in total. The fourth-order valence-corrected chi connectivity index (χ4v) is 1.06. The second kappa shape index (κ2) is 3.45. The van der Waals surface area contributed by atoms with Crippen LogP contribution in [0.5, 0.6) is 0 Å². The van der Waals surface area contributed by atoms with Crippen molar-refractivity contribution in [3.8, 4) is 0 Å². The Labute approximate surface area is 79.6 Å². The number of benzene rings is 1. The minimum absolute atomic E-state index is 0. The molecule has 0 radical (unpaired) electrons. The van der Waals surface area contributed by atoms with Crippen LogP contribution in [0, 0.1) is 0 Å². The van der Waals surface area contributed by atoms with Crippen LogP contribution in [-0.2, 0) is 0 Å². The van der Waals surface area contributed by atoms with Crippen molar-refractivity contribution in [3.05, 3.63) is 30.2 Å². The second-order valence-corrected chi connectivity index (χ2v) is 2.31. The van der Waals surface area contributed by atoms with Gasteiger partial charge in [0.25, 0.3) is 0 Å². The Kier molecular flexibility index (Phi) is 2.53. The molecule has 0 bridgehead atoms. The molecule has 0 amide bonds. The molecular weight excluding hydrogens is 194 g/mol. The average Bonchev–Trinajstić information content (AvgIpc) is 2.49. The van der Waals surface area contributed by atoms with E-state index in [1.807, 2.05) is 0 Å². The Morgan fingerprint density at radius 2 is 2.23 bits per heavy atom. The zero-order valence-corrected chi connectivity index (χ0v) is 7.25. The van der Waals surface area contributed by atoms with Crippen LogP contribution < -0.4 is 0 Å². The molecular formula is C8H6ClNO3. The summed E-state index contributed by atoms with van der Waals surface area (Å²) in [6.45, 7) is 0. The van der Waals surface area contributed by atoms with Gasteiger partial charge in [-0.15, -0.1) is 12.4 Å². The van der Waals surface area contributed by atoms with E-state index < -0.39 is 5.97 Å². The molecule has 2 aromatic rings. The number of carbonyl (C=O) groups is 1. The number of rotatable bonds is 1. The molecule has 68 valence electrons. The van der Waals surface area contributed by atoms with Crippen LogP contribution in [0.1, 0.15) is 10.4 Å². The van der Waals surface area contributed by atoms with E-state index >= 15 is 0 Å². The van der Waals surface area contributed by atoms with E-state index in [0.717, 1.165) is 0 Å². The van der Waals surface area contributed by atoms with Crippen molar-refractivity contribution in [2.45, 2.75) is 0 Å². The Morgan fingerprint density at radius 3 is 2.92 bits per heavy atom. The molecule has 2 rings (SSSR count). The summed E-state index contributed by atoms with van der Waals surface area (Å²) in [5, 5.41) is 8.72. The highest BCUT2D eigenvalue weighted by molar-refractivity contribution is 6.00. The number of halogens is 1. The van der Waals surface area contributed by atoms with Crippen molar-refractivity contribution in [3.63, 3.8) is 0 Å². The number of hydrogen-bond acceptors (Lipinski definition) is 3. The summed E-state index contributed by atoms with van der Waals surface area (Å²) in [6, 6.07) is 4.79. The first kappa shape index (κ1) is 9.54. The van der Waals surface area contributed by atoms with Gasteiger partial charge in [-0.25, -0.2) is 9.78 Å². The number of hydrogen-bond donors (Lipinski definition) is 1. The first-order valence-electron chi connectivity index (χ1n) is 3.34. The van der Waals surface area contributed by atoms with Crippen molar-refractivity contribution in [1.82, 2.24) is 4.98 Å². The van der Waals surface area contributed by atoms with Crippen molar-refractivity contribution in [1.29, 1.82) is 0 Å². The average molecular weight is 200 g/mol. The number of fused-ring (bicyclic) bond motifs is 1. The normalized spacial score (nSPS) is 9.54. The Morgan fingerprint density at radius 1 is 1.46 bits per heavy atom. The van der Waals surface area contributed by atoms with Crippen molar-refractivity contribution >= 4 is 29.5 Å². The third-order valence-electron chi connectivity index (χ3n) is 1.59. The highest BCUT2D eigenvalue weighted by Gasteiger charge is 2.09. The van der Waals surface area contributed by atoms with Crippen molar-refractivity contribution in [2.75, 3.05) is 0 Å². The van der Waals surface area contributed by atoms with Gasteiger partial charge in [0.05, 0.1) is 5.56 Å². The highest BCUT2D eigenvalue weighted by Crippen LogP contribution is 2.16. The van der Waals surface area contributed by atoms with Crippen LogP contribution in [0.3, 0.4) is 0 Å². The molecule has 0 fully saturated rings. The summed E-state index contributed by atoms with van der Waals surface area (Å²) in [4.78, 5) is 14.4. The zero-order valence-electron chi connectivity index (χ0n) is 6.43. The first-order valence-corrected chi connectivity index (χ1v) is 3.34. The molecule has 0 aliphatic heterocycles. The molecule has 0 aliphatic carbocycles. The maximum atomic E-state index is 10.6. The molecule has 0 unspecified atom stereocenters. The molecule has 0 saturated carbocycles. The number of para-hydroxylation sites is 1. The molecule has 1 N–H and O–H groups in total. The monoisotopic (exact) mass is 199 g/mol. The van der Waals surface area contributed by atoms with Crippen LogP contribution in [0.25, 0.3) is 11.1 Å². The molecule has 0 saturated heterocycles. The third-order valence-corrected chi connectivity index (χ3v) is 1.59. The van der Waals surface area contributed by atoms with E-state index in [0.29, 0.717) is 11.1 Å². The number of oxazole rings is 1. The van der Waals surface area contributed by atoms with Gasteiger partial charge in [0.1, 0.15) is 5.52 Å². The number of aromatic carboxylic acids is 1. The van der Waals surface area contributed by atoms with Crippen molar-refractivity contribution in [2.24, 2.45) is 0 Å². The quantitative estimate of drug-likeness (QED) is 0.763. The molecule has 0 aliphatic rings. The van der Waals surface area contributed by atoms with Crippen LogP contribution in [-0.4, -0.2) is 16.1 Å². The summed E-state index contributed by atoms with van der Waals surface area (Å²) in [5.74, 6) is -0.991. The SMILES string of the molecule is Cl.O=C(O)c1cccc2ocnc12. The number of carboxylic acids is 1. The topological polar surface area (TPSA) is 63.3 Å². The van der Waals surface area contributed by atoms with Crippen LogP contribution >= 0.6 is 12.4 Å². The summed E-state index contributed by atoms with van der Waals surface area (Å²) in [7, 11) is 0. The molecule has 1 heterocycles. The zero-order chi connectivity index (χ0) is 8.55. The van der Waals surface area contributed by atoms with Crippen LogP contribution in [0.4, 0.5) is 0 Å². The largest absolute Gasteiger partial charge is 0.478 e. The Bertz CT molecular complexity index is 438. The molecule has 13 heavy (non-hydrogen) atoms. The van der Waals surface area contributed by atoms with E-state index in [9.17, 15) is 4.79 Å². The smallest absolute Gasteiger partial charge is 0.338 e. The maximum Gasteiger partial charge on any atom is 0.338 e. The first-order chi connectivity index (χ1) is 5.79. The van der Waals surface area contributed by atoms with Gasteiger partial charge in [0, 0.05) is 0 Å². The lowest BCUT2D eigenvalue weighted by molar-refractivity contribution is 0.0699. The van der Waals surface area contributed by atoms with E-state index in [2.05, 4.69) is 4.98 Å². The predicted molar refractivity (Wildman–Crippen MR) is 48.2 cm³/mol. The fraction of sp³-hybridized carbons (Fsp3) is 0. The maximum absolute atomic E-state index is 10.6. The minimum atomic E-state index is -0.991. The van der Waals surface area contributed by atoms with Crippen LogP contribution in [0.2, 0.25) is 0 Å². The summed E-state index contributed by atoms with van der Waals surface area (Å²) in [5.41, 5.74) is 1.06. The van der Waals surface area contributed by atoms with Gasteiger partial charge in [-0.3, -0.25) is 0 Å². The van der Waals surface area contributed by atoms with E-state index in [-0.39, 0.29) is 18.0 Å². The van der Waals surface area contributed by atoms with Gasteiger partial charge in [0.15, 0.2) is 12.0 Å². The summed E-state index contributed by atoms with van der Waals surface area (Å²) in [6.07, 6.45) is 1.23. The van der Waals surface area contributed by atoms with E-state index in [1.54, 1.807) is 12.1 Å². The summed E-state index contributed by atoms with van der Waals surface area (Å²) >= 11 is 0. The Hall–Kier alpha value is -1.55. The van der Waals surface area contributed by atoms with Gasteiger partial charge < -0.3 is 9.52 Å². The van der Waals surface area contributed by atoms with E-state index in [1.165, 1.54) is 12.5 Å².